The third-order valence-electron chi connectivity index (χ3n) is 3.81. The van der Waals surface area contributed by atoms with Crippen molar-refractivity contribution in [2.45, 2.75) is 65.1 Å². The van der Waals surface area contributed by atoms with Crippen molar-refractivity contribution in [2.75, 3.05) is 20.1 Å². The topological polar surface area (TPSA) is 71.7 Å². The van der Waals surface area contributed by atoms with E-state index in [0.717, 1.165) is 19.5 Å². The second-order valence-electron chi connectivity index (χ2n) is 7.46. The van der Waals surface area contributed by atoms with Gasteiger partial charge in [-0.1, -0.05) is 13.8 Å². The monoisotopic (exact) mass is 324 g/mol. The Balaban J connectivity index is 1.86. The fraction of sp³-hybridized carbons (Fsp3) is 0.812. The lowest BCUT2D eigenvalue weighted by molar-refractivity contribution is 0.0227. The zero-order chi connectivity index (χ0) is 17.2. The second kappa shape index (κ2) is 6.86. The van der Waals surface area contributed by atoms with Gasteiger partial charge in [-0.2, -0.15) is 0 Å². The molecule has 0 radical (unpaired) electrons. The van der Waals surface area contributed by atoms with Crippen LogP contribution in [0.1, 0.15) is 58.7 Å². The Bertz CT molecular complexity index is 536. The van der Waals surface area contributed by atoms with Crippen LogP contribution in [0.2, 0.25) is 0 Å². The van der Waals surface area contributed by atoms with E-state index in [4.69, 9.17) is 9.15 Å². The van der Waals surface area contributed by atoms with Crippen LogP contribution in [0.4, 0.5) is 4.79 Å². The molecule has 1 saturated heterocycles. The molecule has 23 heavy (non-hydrogen) atoms. The molecule has 1 aliphatic heterocycles. The molecular weight excluding hydrogens is 296 g/mol. The number of likely N-dealkylation sites (N-methyl/N-ethyl adjacent to an activating group) is 1. The van der Waals surface area contributed by atoms with Gasteiger partial charge in [-0.05, 0) is 27.2 Å². The summed E-state index contributed by atoms with van der Waals surface area (Å²) in [6.45, 7) is 12.0. The Morgan fingerprint density at radius 1 is 1.43 bits per heavy atom. The summed E-state index contributed by atoms with van der Waals surface area (Å²) in [4.78, 5) is 16.1. The Morgan fingerprint density at radius 2 is 2.13 bits per heavy atom. The lowest BCUT2D eigenvalue weighted by atomic mass is 10.2. The number of hydrogen-bond acceptors (Lipinski definition) is 6. The van der Waals surface area contributed by atoms with Crippen molar-refractivity contribution < 1.29 is 13.9 Å². The fourth-order valence-corrected chi connectivity index (χ4v) is 2.51. The first kappa shape index (κ1) is 17.7. The van der Waals surface area contributed by atoms with Crippen molar-refractivity contribution in [1.82, 2.24) is 20.0 Å². The Labute approximate surface area is 138 Å². The zero-order valence-electron chi connectivity index (χ0n) is 15.0. The first-order valence-electron chi connectivity index (χ1n) is 8.16. The highest BCUT2D eigenvalue weighted by molar-refractivity contribution is 5.68. The summed E-state index contributed by atoms with van der Waals surface area (Å²) in [7, 11) is 1.80. The van der Waals surface area contributed by atoms with Crippen molar-refractivity contribution in [3.8, 4) is 0 Å². The molecule has 0 aromatic carbocycles. The minimum atomic E-state index is -0.472. The second-order valence-corrected chi connectivity index (χ2v) is 7.46. The van der Waals surface area contributed by atoms with E-state index in [1.165, 1.54) is 0 Å². The summed E-state index contributed by atoms with van der Waals surface area (Å²) in [5.41, 5.74) is -0.472. The average molecular weight is 324 g/mol. The van der Waals surface area contributed by atoms with Gasteiger partial charge < -0.3 is 14.1 Å². The van der Waals surface area contributed by atoms with Gasteiger partial charge in [-0.15, -0.1) is 10.2 Å². The quantitative estimate of drug-likeness (QED) is 0.848. The molecule has 1 atom stereocenters. The first-order valence-corrected chi connectivity index (χ1v) is 8.16. The van der Waals surface area contributed by atoms with Crippen LogP contribution >= 0.6 is 0 Å². The number of amides is 1. The van der Waals surface area contributed by atoms with E-state index in [2.05, 4.69) is 15.1 Å². The van der Waals surface area contributed by atoms with Gasteiger partial charge in [0.05, 0.1) is 6.54 Å². The number of nitrogens with zero attached hydrogens (tertiary/aromatic N) is 4. The molecule has 0 saturated carbocycles. The molecule has 2 rings (SSSR count). The largest absolute Gasteiger partial charge is 0.444 e. The number of carbonyl (C=O) groups is 1. The Hall–Kier alpha value is -1.63. The average Bonchev–Trinajstić information content (AvgIpc) is 3.05. The van der Waals surface area contributed by atoms with Gasteiger partial charge in [0.15, 0.2) is 0 Å². The number of carbonyl (C=O) groups excluding carboxylic acids is 1. The summed E-state index contributed by atoms with van der Waals surface area (Å²) in [6.07, 6.45) is 0.644. The molecule has 7 heteroatoms. The maximum absolute atomic E-state index is 12.1. The Kier molecular flexibility index (Phi) is 5.29. The van der Waals surface area contributed by atoms with Crippen LogP contribution in [0.5, 0.6) is 0 Å². The lowest BCUT2D eigenvalue weighted by Crippen LogP contribution is -2.42. The van der Waals surface area contributed by atoms with Gasteiger partial charge in [0.25, 0.3) is 0 Å². The van der Waals surface area contributed by atoms with Crippen LogP contribution in [0.25, 0.3) is 0 Å². The molecule has 1 aromatic heterocycles. The summed E-state index contributed by atoms with van der Waals surface area (Å²) >= 11 is 0. The van der Waals surface area contributed by atoms with E-state index in [0.29, 0.717) is 18.3 Å². The van der Waals surface area contributed by atoms with Crippen molar-refractivity contribution >= 4 is 6.09 Å². The van der Waals surface area contributed by atoms with Crippen LogP contribution in [0.15, 0.2) is 4.42 Å². The number of hydrogen-bond donors (Lipinski definition) is 0. The van der Waals surface area contributed by atoms with Crippen LogP contribution in [0, 0.1) is 0 Å². The molecule has 1 amide bonds. The third kappa shape index (κ3) is 4.92. The van der Waals surface area contributed by atoms with Crippen molar-refractivity contribution in [3.63, 3.8) is 0 Å². The van der Waals surface area contributed by atoms with Crippen LogP contribution < -0.4 is 0 Å². The summed E-state index contributed by atoms with van der Waals surface area (Å²) in [6, 6.07) is 0.150. The first-order chi connectivity index (χ1) is 10.7. The standard InChI is InChI=1S/C16H28N4O3/c1-11(2)14-18-17-13(22-14)10-20-8-7-12(9-20)19(6)15(21)23-16(3,4)5/h11-12H,7-10H2,1-6H3. The van der Waals surface area contributed by atoms with E-state index in [1.54, 1.807) is 11.9 Å². The summed E-state index contributed by atoms with van der Waals surface area (Å²) < 4.78 is 11.1. The molecule has 7 nitrogen and oxygen atoms in total. The van der Waals surface area contributed by atoms with Gasteiger partial charge in [-0.25, -0.2) is 4.79 Å². The smallest absolute Gasteiger partial charge is 0.410 e. The molecule has 0 bridgehead atoms. The predicted octanol–water partition coefficient (Wildman–Crippen LogP) is 2.63. The number of aromatic nitrogens is 2. The Morgan fingerprint density at radius 3 is 2.70 bits per heavy atom. The third-order valence-corrected chi connectivity index (χ3v) is 3.81. The maximum atomic E-state index is 12.1. The molecule has 1 aliphatic rings. The minimum Gasteiger partial charge on any atom is -0.444 e. The lowest BCUT2D eigenvalue weighted by Gasteiger charge is -2.28. The molecule has 0 N–H and O–H groups in total. The molecule has 1 unspecified atom stereocenters. The number of likely N-dealkylation sites (tertiary alicyclic amines) is 1. The maximum Gasteiger partial charge on any atom is 0.410 e. The molecule has 0 spiro atoms. The van der Waals surface area contributed by atoms with Crippen LogP contribution in [-0.4, -0.2) is 57.9 Å². The number of ether oxygens (including phenoxy) is 1. The van der Waals surface area contributed by atoms with E-state index >= 15 is 0 Å². The molecule has 130 valence electrons. The molecule has 1 fully saturated rings. The van der Waals surface area contributed by atoms with Gasteiger partial charge in [0, 0.05) is 32.1 Å². The van der Waals surface area contributed by atoms with E-state index < -0.39 is 5.60 Å². The SMILES string of the molecule is CC(C)c1nnc(CN2CCC(N(C)C(=O)OC(C)(C)C)C2)o1. The van der Waals surface area contributed by atoms with E-state index in [1.807, 2.05) is 34.6 Å². The number of rotatable bonds is 4. The van der Waals surface area contributed by atoms with Crippen molar-refractivity contribution in [1.29, 1.82) is 0 Å². The summed E-state index contributed by atoms with van der Waals surface area (Å²) in [5.74, 6) is 1.54. The zero-order valence-corrected chi connectivity index (χ0v) is 15.0. The molecule has 0 aliphatic carbocycles. The molecule has 1 aromatic rings. The predicted molar refractivity (Wildman–Crippen MR) is 86.1 cm³/mol. The van der Waals surface area contributed by atoms with Crippen molar-refractivity contribution in [3.05, 3.63) is 11.8 Å². The van der Waals surface area contributed by atoms with E-state index in [9.17, 15) is 4.79 Å². The summed E-state index contributed by atoms with van der Waals surface area (Å²) in [5, 5.41) is 8.14. The van der Waals surface area contributed by atoms with Gasteiger partial charge in [0.2, 0.25) is 11.8 Å². The normalized spacial score (nSPS) is 19.3. The van der Waals surface area contributed by atoms with Gasteiger partial charge in [-0.3, -0.25) is 4.90 Å². The van der Waals surface area contributed by atoms with Crippen LogP contribution in [0.3, 0.4) is 0 Å². The molecule has 2 heterocycles. The fourth-order valence-electron chi connectivity index (χ4n) is 2.51. The van der Waals surface area contributed by atoms with Crippen LogP contribution in [-0.2, 0) is 11.3 Å². The van der Waals surface area contributed by atoms with E-state index in [-0.39, 0.29) is 18.1 Å². The highest BCUT2D eigenvalue weighted by Gasteiger charge is 2.31. The molecular formula is C16H28N4O3. The van der Waals surface area contributed by atoms with Gasteiger partial charge in [0.1, 0.15) is 5.60 Å². The highest BCUT2D eigenvalue weighted by atomic mass is 16.6. The van der Waals surface area contributed by atoms with Crippen molar-refractivity contribution in [2.24, 2.45) is 0 Å². The highest BCUT2D eigenvalue weighted by Crippen LogP contribution is 2.20. The van der Waals surface area contributed by atoms with Gasteiger partial charge >= 0.3 is 6.09 Å². The minimum absolute atomic E-state index is 0.150.